The van der Waals surface area contributed by atoms with Crippen LogP contribution in [0.15, 0.2) is 47.1 Å². The van der Waals surface area contributed by atoms with Gasteiger partial charge in [0, 0.05) is 32.7 Å². The van der Waals surface area contributed by atoms with Crippen molar-refractivity contribution in [1.29, 1.82) is 0 Å². The highest BCUT2D eigenvalue weighted by Gasteiger charge is 2.23. The van der Waals surface area contributed by atoms with Gasteiger partial charge in [-0.05, 0) is 48.9 Å². The fourth-order valence-corrected chi connectivity index (χ4v) is 3.75. The molecule has 138 valence electrons. The molecule has 0 aliphatic heterocycles. The second-order valence-corrected chi connectivity index (χ2v) is 8.54. The van der Waals surface area contributed by atoms with Crippen LogP contribution < -0.4 is 4.57 Å². The van der Waals surface area contributed by atoms with E-state index >= 15 is 0 Å². The highest BCUT2D eigenvalue weighted by atomic mass is 16.3. The van der Waals surface area contributed by atoms with Gasteiger partial charge in [0.05, 0.1) is 5.56 Å². The molecule has 27 heavy (non-hydrogen) atoms. The SMILES string of the molecule is [2H]C([2H])([2H])c1c[n+](C)c(-c2c(C)ccc3c2oc2ncccc23)cc1CC(C)(C)C. The monoisotopic (exact) mass is 362 g/mol. The molecular formula is C24H27N2O+. The van der Waals surface area contributed by atoms with Crippen molar-refractivity contribution in [1.82, 2.24) is 4.98 Å². The zero-order valence-electron chi connectivity index (χ0n) is 19.6. The van der Waals surface area contributed by atoms with Crippen LogP contribution in [0.3, 0.4) is 0 Å². The molecule has 4 rings (SSSR count). The van der Waals surface area contributed by atoms with Crippen LogP contribution in [-0.4, -0.2) is 4.98 Å². The minimum absolute atomic E-state index is 0.0401. The first kappa shape index (κ1) is 14.4. The van der Waals surface area contributed by atoms with Crippen LogP contribution in [0, 0.1) is 19.2 Å². The van der Waals surface area contributed by atoms with Crippen LogP contribution >= 0.6 is 0 Å². The van der Waals surface area contributed by atoms with E-state index in [-0.39, 0.29) is 5.41 Å². The van der Waals surface area contributed by atoms with E-state index < -0.39 is 6.85 Å². The third kappa shape index (κ3) is 3.12. The lowest BCUT2D eigenvalue weighted by Crippen LogP contribution is -2.32. The molecule has 0 aliphatic rings. The minimum atomic E-state index is -2.17. The largest absolute Gasteiger partial charge is 0.437 e. The lowest BCUT2D eigenvalue weighted by atomic mass is 9.86. The first-order valence-corrected chi connectivity index (χ1v) is 9.26. The molecular weight excluding hydrogens is 332 g/mol. The van der Waals surface area contributed by atoms with E-state index in [2.05, 4.69) is 44.8 Å². The molecule has 0 saturated carbocycles. The minimum Gasteiger partial charge on any atom is -0.437 e. The number of fused-ring (bicyclic) bond motifs is 3. The van der Waals surface area contributed by atoms with Crippen molar-refractivity contribution < 1.29 is 13.1 Å². The van der Waals surface area contributed by atoms with Gasteiger partial charge in [-0.1, -0.05) is 32.9 Å². The molecule has 3 heteroatoms. The van der Waals surface area contributed by atoms with Gasteiger partial charge >= 0.3 is 0 Å². The maximum Gasteiger partial charge on any atom is 0.227 e. The zero-order valence-corrected chi connectivity index (χ0v) is 16.6. The maximum atomic E-state index is 8.03. The first-order chi connectivity index (χ1) is 14.0. The number of hydrogen-bond acceptors (Lipinski definition) is 2. The molecule has 0 atom stereocenters. The summed E-state index contributed by atoms with van der Waals surface area (Å²) in [5.74, 6) is 0. The van der Waals surface area contributed by atoms with Crippen LogP contribution in [0.4, 0.5) is 0 Å². The van der Waals surface area contributed by atoms with Crippen molar-refractivity contribution in [2.45, 2.75) is 41.0 Å². The Hall–Kier alpha value is -2.68. The average Bonchev–Trinajstić information content (AvgIpc) is 2.99. The molecule has 0 fully saturated rings. The number of benzene rings is 1. The number of nitrogens with zero attached hydrogens (tertiary/aromatic N) is 2. The molecule has 0 bridgehead atoms. The van der Waals surface area contributed by atoms with Crippen molar-refractivity contribution in [2.24, 2.45) is 12.5 Å². The van der Waals surface area contributed by atoms with E-state index in [1.165, 1.54) is 0 Å². The predicted octanol–water partition coefficient (Wildman–Crippen LogP) is 5.68. The lowest BCUT2D eigenvalue weighted by Gasteiger charge is -2.19. The zero-order chi connectivity index (χ0) is 21.8. The normalized spacial score (nSPS) is 14.3. The molecule has 0 saturated heterocycles. The quantitative estimate of drug-likeness (QED) is 0.430. The van der Waals surface area contributed by atoms with Crippen LogP contribution in [0.5, 0.6) is 0 Å². The Morgan fingerprint density at radius 3 is 2.70 bits per heavy atom. The molecule has 3 heterocycles. The number of furan rings is 1. The Balaban J connectivity index is 2.04. The van der Waals surface area contributed by atoms with Gasteiger partial charge in [-0.15, -0.1) is 0 Å². The number of hydrogen-bond donors (Lipinski definition) is 0. The third-order valence-electron chi connectivity index (χ3n) is 4.96. The smallest absolute Gasteiger partial charge is 0.227 e. The van der Waals surface area contributed by atoms with E-state index in [4.69, 9.17) is 8.53 Å². The molecule has 3 nitrogen and oxygen atoms in total. The fourth-order valence-electron chi connectivity index (χ4n) is 3.75. The van der Waals surface area contributed by atoms with Gasteiger partial charge in [-0.25, -0.2) is 9.55 Å². The summed E-state index contributed by atoms with van der Waals surface area (Å²) in [4.78, 5) is 4.37. The Morgan fingerprint density at radius 2 is 1.96 bits per heavy atom. The number of aromatic nitrogens is 2. The molecule has 0 aliphatic carbocycles. The summed E-state index contributed by atoms with van der Waals surface area (Å²) >= 11 is 0. The lowest BCUT2D eigenvalue weighted by molar-refractivity contribution is -0.660. The molecule has 1 aromatic carbocycles. The number of pyridine rings is 2. The summed E-state index contributed by atoms with van der Waals surface area (Å²) in [6.07, 6.45) is 4.15. The summed E-state index contributed by atoms with van der Waals surface area (Å²) in [7, 11) is 1.89. The van der Waals surface area contributed by atoms with Crippen molar-refractivity contribution in [3.8, 4) is 11.3 Å². The Labute approximate surface area is 164 Å². The Bertz CT molecular complexity index is 1260. The third-order valence-corrected chi connectivity index (χ3v) is 4.96. The second kappa shape index (κ2) is 6.19. The van der Waals surface area contributed by atoms with Crippen molar-refractivity contribution >= 4 is 22.1 Å². The van der Waals surface area contributed by atoms with Crippen molar-refractivity contribution in [2.75, 3.05) is 0 Å². The molecule has 4 aromatic rings. The predicted molar refractivity (Wildman–Crippen MR) is 111 cm³/mol. The van der Waals surface area contributed by atoms with E-state index in [0.29, 0.717) is 17.7 Å². The Kier molecular flexibility index (Phi) is 3.30. The average molecular weight is 363 g/mol. The summed E-state index contributed by atoms with van der Waals surface area (Å²) < 4.78 is 32.2. The second-order valence-electron chi connectivity index (χ2n) is 8.54. The van der Waals surface area contributed by atoms with E-state index in [1.54, 1.807) is 12.4 Å². The van der Waals surface area contributed by atoms with Gasteiger partial charge in [0.2, 0.25) is 11.4 Å². The maximum absolute atomic E-state index is 8.03. The van der Waals surface area contributed by atoms with Crippen molar-refractivity contribution in [3.63, 3.8) is 0 Å². The molecule has 0 radical (unpaired) electrons. The first-order valence-electron chi connectivity index (χ1n) is 10.8. The molecule has 0 N–H and O–H groups in total. The van der Waals surface area contributed by atoms with E-state index in [0.717, 1.165) is 38.7 Å². The van der Waals surface area contributed by atoms with Crippen LogP contribution in [0.2, 0.25) is 0 Å². The summed E-state index contributed by atoms with van der Waals surface area (Å²) in [5, 5.41) is 1.99. The van der Waals surface area contributed by atoms with Gasteiger partial charge < -0.3 is 4.42 Å². The number of aryl methyl sites for hydroxylation is 3. The van der Waals surface area contributed by atoms with Gasteiger partial charge in [0.25, 0.3) is 0 Å². The van der Waals surface area contributed by atoms with Gasteiger partial charge in [0.15, 0.2) is 11.8 Å². The van der Waals surface area contributed by atoms with Crippen LogP contribution in [0.25, 0.3) is 33.3 Å². The molecule has 0 amide bonds. The van der Waals surface area contributed by atoms with Gasteiger partial charge in [0.1, 0.15) is 7.05 Å². The molecule has 3 aromatic heterocycles. The Morgan fingerprint density at radius 1 is 1.15 bits per heavy atom. The topological polar surface area (TPSA) is 29.9 Å². The standard InChI is InChI=1S/C24H27N2O/c1-15-9-10-18-19-8-7-11-25-23(19)27-22(18)21(15)20-12-17(13-24(3,4)5)16(2)14-26(20)6/h7-12,14H,13H2,1-6H3/q+1/i2D3. The van der Waals surface area contributed by atoms with E-state index in [9.17, 15) is 0 Å². The highest BCUT2D eigenvalue weighted by Crippen LogP contribution is 2.36. The van der Waals surface area contributed by atoms with Gasteiger partial charge in [-0.2, -0.15) is 0 Å². The summed E-state index contributed by atoms with van der Waals surface area (Å²) in [5.41, 5.74) is 5.58. The van der Waals surface area contributed by atoms with Crippen LogP contribution in [0.1, 0.15) is 41.6 Å². The molecule has 0 spiro atoms. The van der Waals surface area contributed by atoms with E-state index in [1.807, 2.05) is 29.8 Å². The van der Waals surface area contributed by atoms with Gasteiger partial charge in [-0.3, -0.25) is 0 Å². The van der Waals surface area contributed by atoms with Crippen molar-refractivity contribution in [3.05, 3.63) is 59.4 Å². The van der Waals surface area contributed by atoms with Crippen LogP contribution in [-0.2, 0) is 13.5 Å². The highest BCUT2D eigenvalue weighted by molar-refractivity contribution is 6.08. The molecule has 0 unspecified atom stereocenters. The number of rotatable bonds is 2. The fraction of sp³-hybridized carbons (Fsp3) is 0.333. The summed E-state index contributed by atoms with van der Waals surface area (Å²) in [6, 6.07) is 10.1. The summed E-state index contributed by atoms with van der Waals surface area (Å²) in [6.45, 7) is 6.26.